The second kappa shape index (κ2) is 10.8. The fraction of sp³-hybridized carbons (Fsp3) is 0.292. The fourth-order valence-corrected chi connectivity index (χ4v) is 4.60. The van der Waals surface area contributed by atoms with Crippen molar-refractivity contribution in [3.8, 4) is 0 Å². The molecule has 184 valence electrons. The lowest BCUT2D eigenvalue weighted by Gasteiger charge is -2.18. The highest BCUT2D eigenvalue weighted by Crippen LogP contribution is 2.23. The highest BCUT2D eigenvalue weighted by atomic mass is 127. The van der Waals surface area contributed by atoms with Gasteiger partial charge in [0.05, 0.1) is 12.6 Å². The number of carbonyl (C=O) groups excluding carboxylic acids is 2. The number of anilines is 1. The topological polar surface area (TPSA) is 140 Å². The van der Waals surface area contributed by atoms with Gasteiger partial charge in [0.15, 0.2) is 0 Å². The van der Waals surface area contributed by atoms with Crippen LogP contribution in [0.25, 0.3) is 0 Å². The van der Waals surface area contributed by atoms with Crippen LogP contribution in [0.2, 0.25) is 5.02 Å². The van der Waals surface area contributed by atoms with Crippen molar-refractivity contribution >= 4 is 51.7 Å². The van der Waals surface area contributed by atoms with Gasteiger partial charge in [-0.15, -0.1) is 0 Å². The molecular weight excluding hydrogens is 585 g/mol. The van der Waals surface area contributed by atoms with Gasteiger partial charge in [-0.05, 0) is 83.8 Å². The molecule has 0 spiro atoms. The summed E-state index contributed by atoms with van der Waals surface area (Å²) in [6.45, 7) is 6.85. The SMILES string of the molecule is Cc1cc(Cl)cc(C(=O)c2c(C(C)C)c(=O)[nH]c(=O)n2Cc2cc(I)nc(NC(=O)C(C)N)c2)c1. The van der Waals surface area contributed by atoms with E-state index in [1.165, 1.54) is 10.6 Å². The molecule has 35 heavy (non-hydrogen) atoms. The third-order valence-electron chi connectivity index (χ3n) is 5.19. The Labute approximate surface area is 220 Å². The number of carbonyl (C=O) groups is 2. The first-order valence-corrected chi connectivity index (χ1v) is 12.2. The van der Waals surface area contributed by atoms with Gasteiger partial charge in [0.25, 0.3) is 5.56 Å². The molecule has 11 heteroatoms. The van der Waals surface area contributed by atoms with E-state index in [0.29, 0.717) is 14.3 Å². The summed E-state index contributed by atoms with van der Waals surface area (Å²) < 4.78 is 1.79. The van der Waals surface area contributed by atoms with Gasteiger partial charge in [0, 0.05) is 16.1 Å². The number of hydrogen-bond acceptors (Lipinski definition) is 6. The van der Waals surface area contributed by atoms with Gasteiger partial charge in [0.1, 0.15) is 15.2 Å². The Morgan fingerprint density at radius 1 is 1.17 bits per heavy atom. The van der Waals surface area contributed by atoms with Crippen LogP contribution >= 0.6 is 34.2 Å². The Hall–Kier alpha value is -2.83. The molecule has 0 aliphatic heterocycles. The third kappa shape index (κ3) is 6.24. The summed E-state index contributed by atoms with van der Waals surface area (Å²) in [5.41, 5.74) is 6.09. The van der Waals surface area contributed by atoms with E-state index in [0.717, 1.165) is 5.56 Å². The zero-order chi connectivity index (χ0) is 26.0. The lowest BCUT2D eigenvalue weighted by Crippen LogP contribution is -2.38. The molecule has 3 rings (SSSR count). The van der Waals surface area contributed by atoms with E-state index in [1.54, 1.807) is 52.0 Å². The Morgan fingerprint density at radius 3 is 2.46 bits per heavy atom. The predicted octanol–water partition coefficient (Wildman–Crippen LogP) is 3.19. The van der Waals surface area contributed by atoms with Crippen LogP contribution in [-0.2, 0) is 11.3 Å². The van der Waals surface area contributed by atoms with E-state index in [-0.39, 0.29) is 35.1 Å². The van der Waals surface area contributed by atoms with Crippen LogP contribution < -0.4 is 22.3 Å². The van der Waals surface area contributed by atoms with Crippen LogP contribution in [0.5, 0.6) is 0 Å². The first-order chi connectivity index (χ1) is 16.4. The summed E-state index contributed by atoms with van der Waals surface area (Å²) in [4.78, 5) is 58.0. The summed E-state index contributed by atoms with van der Waals surface area (Å²) in [6, 6.07) is 7.45. The molecule has 1 atom stereocenters. The van der Waals surface area contributed by atoms with Crippen LogP contribution in [0, 0.1) is 10.6 Å². The number of aryl methyl sites for hydroxylation is 1. The summed E-state index contributed by atoms with van der Waals surface area (Å²) >= 11 is 8.16. The molecule has 9 nitrogen and oxygen atoms in total. The number of aromatic nitrogens is 3. The van der Waals surface area contributed by atoms with Crippen molar-refractivity contribution in [1.82, 2.24) is 14.5 Å². The monoisotopic (exact) mass is 609 g/mol. The number of nitrogens with zero attached hydrogens (tertiary/aromatic N) is 2. The molecule has 4 N–H and O–H groups in total. The van der Waals surface area contributed by atoms with Crippen LogP contribution in [0.4, 0.5) is 5.82 Å². The molecular formula is C24H25ClIN5O4. The molecule has 1 unspecified atom stereocenters. The van der Waals surface area contributed by atoms with E-state index in [2.05, 4.69) is 15.3 Å². The van der Waals surface area contributed by atoms with Crippen LogP contribution in [0.15, 0.2) is 39.9 Å². The molecule has 0 radical (unpaired) electrons. The minimum Gasteiger partial charge on any atom is -0.320 e. The van der Waals surface area contributed by atoms with Crippen molar-refractivity contribution in [3.05, 3.63) is 87.8 Å². The second-order valence-corrected chi connectivity index (χ2v) is 10.1. The first kappa shape index (κ1) is 26.8. The predicted molar refractivity (Wildman–Crippen MR) is 143 cm³/mol. The quantitative estimate of drug-likeness (QED) is 0.214. The van der Waals surface area contributed by atoms with Gasteiger partial charge in [-0.1, -0.05) is 25.4 Å². The van der Waals surface area contributed by atoms with Crippen molar-refractivity contribution < 1.29 is 9.59 Å². The van der Waals surface area contributed by atoms with Gasteiger partial charge < -0.3 is 11.1 Å². The first-order valence-electron chi connectivity index (χ1n) is 10.8. The average molecular weight is 610 g/mol. The normalized spacial score (nSPS) is 12.0. The molecule has 1 aromatic carbocycles. The summed E-state index contributed by atoms with van der Waals surface area (Å²) in [6.07, 6.45) is 0. The van der Waals surface area contributed by atoms with Gasteiger partial charge in [-0.3, -0.25) is 23.9 Å². The molecule has 2 aromatic heterocycles. The summed E-state index contributed by atoms with van der Waals surface area (Å²) in [7, 11) is 0. The van der Waals surface area contributed by atoms with Crippen molar-refractivity contribution in [3.63, 3.8) is 0 Å². The molecule has 1 amide bonds. The molecule has 0 saturated carbocycles. The van der Waals surface area contributed by atoms with E-state index in [1.807, 2.05) is 22.6 Å². The number of amides is 1. The van der Waals surface area contributed by atoms with Crippen LogP contribution in [0.3, 0.4) is 0 Å². The Bertz CT molecular complexity index is 1410. The number of H-pyrrole nitrogens is 1. The number of aromatic amines is 1. The van der Waals surface area contributed by atoms with Crippen molar-refractivity contribution in [2.75, 3.05) is 5.32 Å². The number of nitrogens with one attached hydrogen (secondary N) is 2. The number of benzene rings is 1. The Morgan fingerprint density at radius 2 is 1.86 bits per heavy atom. The van der Waals surface area contributed by atoms with E-state index >= 15 is 0 Å². The van der Waals surface area contributed by atoms with E-state index < -0.39 is 29.0 Å². The van der Waals surface area contributed by atoms with Gasteiger partial charge in [-0.25, -0.2) is 9.78 Å². The highest BCUT2D eigenvalue weighted by Gasteiger charge is 2.25. The van der Waals surface area contributed by atoms with E-state index in [9.17, 15) is 19.2 Å². The highest BCUT2D eigenvalue weighted by molar-refractivity contribution is 14.1. The average Bonchev–Trinajstić information content (AvgIpc) is 2.73. The molecule has 2 heterocycles. The van der Waals surface area contributed by atoms with Crippen molar-refractivity contribution in [2.24, 2.45) is 5.73 Å². The number of pyridine rings is 1. The van der Waals surface area contributed by atoms with Crippen LogP contribution in [0.1, 0.15) is 59.4 Å². The maximum atomic E-state index is 13.7. The molecule has 0 aliphatic rings. The molecule has 3 aromatic rings. The van der Waals surface area contributed by atoms with E-state index in [4.69, 9.17) is 17.3 Å². The van der Waals surface area contributed by atoms with Crippen molar-refractivity contribution in [2.45, 2.75) is 46.2 Å². The maximum Gasteiger partial charge on any atom is 0.329 e. The van der Waals surface area contributed by atoms with Gasteiger partial charge in [0.2, 0.25) is 11.7 Å². The summed E-state index contributed by atoms with van der Waals surface area (Å²) in [5, 5.41) is 3.00. The molecule has 0 bridgehead atoms. The number of hydrogen-bond donors (Lipinski definition) is 3. The smallest absolute Gasteiger partial charge is 0.320 e. The summed E-state index contributed by atoms with van der Waals surface area (Å²) in [5.74, 6) is -0.991. The molecule has 0 aliphatic carbocycles. The fourth-order valence-electron chi connectivity index (χ4n) is 3.65. The largest absolute Gasteiger partial charge is 0.329 e. The number of rotatable bonds is 7. The zero-order valence-corrected chi connectivity index (χ0v) is 22.5. The van der Waals surface area contributed by atoms with Crippen molar-refractivity contribution in [1.29, 1.82) is 0 Å². The number of halogens is 2. The maximum absolute atomic E-state index is 13.7. The minimum absolute atomic E-state index is 0.0107. The standard InChI is InChI=1S/C24H25ClIN5O4/c1-11(2)19-20(21(32)15-5-12(3)6-16(25)9-15)31(24(35)30-23(19)34)10-14-7-17(26)28-18(8-14)29-22(33)13(4)27/h5-9,11,13H,10,27H2,1-4H3,(H,28,29,33)(H,30,34,35). The molecule has 0 fully saturated rings. The minimum atomic E-state index is -0.737. The van der Waals surface area contributed by atoms with Crippen LogP contribution in [-0.4, -0.2) is 32.3 Å². The lowest BCUT2D eigenvalue weighted by atomic mass is 9.96. The van der Waals surface area contributed by atoms with Gasteiger partial charge in [-0.2, -0.15) is 0 Å². The number of nitrogens with two attached hydrogens (primary N) is 1. The number of ketones is 1. The Kier molecular flexibility index (Phi) is 8.29. The Balaban J connectivity index is 2.20. The second-order valence-electron chi connectivity index (χ2n) is 8.57. The zero-order valence-electron chi connectivity index (χ0n) is 19.6. The molecule has 0 saturated heterocycles. The third-order valence-corrected chi connectivity index (χ3v) is 5.96. The van der Waals surface area contributed by atoms with Gasteiger partial charge >= 0.3 is 5.69 Å². The lowest BCUT2D eigenvalue weighted by molar-refractivity contribution is -0.117.